The molecule has 0 saturated heterocycles. The molecule has 1 amide bonds. The van der Waals surface area contributed by atoms with Crippen molar-refractivity contribution < 1.29 is 9.53 Å². The number of carbonyl (C=O) groups is 1. The summed E-state index contributed by atoms with van der Waals surface area (Å²) in [4.78, 5) is 17.3. The number of hydrogen-bond acceptors (Lipinski definition) is 6. The van der Waals surface area contributed by atoms with Crippen LogP contribution in [-0.2, 0) is 16.1 Å². The minimum Gasteiger partial charge on any atom is -0.383 e. The van der Waals surface area contributed by atoms with Gasteiger partial charge in [0, 0.05) is 39.2 Å². The summed E-state index contributed by atoms with van der Waals surface area (Å²) in [5.41, 5.74) is 0.935. The van der Waals surface area contributed by atoms with Gasteiger partial charge in [-0.1, -0.05) is 11.8 Å². The maximum absolute atomic E-state index is 11.7. The number of aromatic nitrogens is 4. The molecule has 0 aliphatic carbocycles. The molecule has 118 valence electrons. The van der Waals surface area contributed by atoms with Crippen molar-refractivity contribution in [1.29, 1.82) is 0 Å². The first-order chi connectivity index (χ1) is 10.6. The number of pyridine rings is 1. The van der Waals surface area contributed by atoms with Crippen LogP contribution in [0.1, 0.15) is 0 Å². The normalized spacial score (nSPS) is 10.7. The first-order valence-electron chi connectivity index (χ1n) is 6.79. The van der Waals surface area contributed by atoms with E-state index in [0.29, 0.717) is 24.1 Å². The molecule has 0 atom stereocenters. The molecule has 0 bridgehead atoms. The molecule has 2 aromatic rings. The van der Waals surface area contributed by atoms with Crippen LogP contribution < -0.4 is 0 Å². The van der Waals surface area contributed by atoms with Crippen LogP contribution in [0.2, 0.25) is 0 Å². The van der Waals surface area contributed by atoms with Crippen molar-refractivity contribution in [2.45, 2.75) is 11.7 Å². The monoisotopic (exact) mass is 321 g/mol. The van der Waals surface area contributed by atoms with E-state index in [9.17, 15) is 4.79 Å². The maximum Gasteiger partial charge on any atom is 0.232 e. The first-order valence-corrected chi connectivity index (χ1v) is 7.77. The fraction of sp³-hybridized carbons (Fsp3) is 0.429. The number of rotatable bonds is 7. The highest BCUT2D eigenvalue weighted by Crippen LogP contribution is 2.23. The second kappa shape index (κ2) is 7.90. The Kier molecular flexibility index (Phi) is 5.91. The van der Waals surface area contributed by atoms with Crippen LogP contribution in [0.5, 0.6) is 0 Å². The lowest BCUT2D eigenvalue weighted by Crippen LogP contribution is -2.23. The molecule has 0 spiro atoms. The minimum absolute atomic E-state index is 0.0387. The highest BCUT2D eigenvalue weighted by atomic mass is 32.2. The third kappa shape index (κ3) is 4.05. The Morgan fingerprint density at radius 2 is 2.05 bits per heavy atom. The second-order valence-electron chi connectivity index (χ2n) is 4.76. The van der Waals surface area contributed by atoms with Crippen LogP contribution >= 0.6 is 11.8 Å². The molecule has 0 aromatic carbocycles. The van der Waals surface area contributed by atoms with Crippen LogP contribution in [-0.4, -0.2) is 64.1 Å². The van der Waals surface area contributed by atoms with Crippen molar-refractivity contribution in [2.24, 2.45) is 0 Å². The van der Waals surface area contributed by atoms with Gasteiger partial charge in [-0.15, -0.1) is 10.2 Å². The molecule has 22 heavy (non-hydrogen) atoms. The second-order valence-corrected chi connectivity index (χ2v) is 5.71. The molecule has 0 unspecified atom stereocenters. The minimum atomic E-state index is 0.0387. The van der Waals surface area contributed by atoms with Gasteiger partial charge in [-0.3, -0.25) is 14.3 Å². The number of nitrogens with zero attached hydrogens (tertiary/aromatic N) is 5. The Labute approximate surface area is 133 Å². The average molecular weight is 321 g/mol. The highest BCUT2D eigenvalue weighted by molar-refractivity contribution is 7.99. The van der Waals surface area contributed by atoms with E-state index in [1.165, 1.54) is 11.8 Å². The van der Waals surface area contributed by atoms with Gasteiger partial charge in [-0.05, 0) is 12.1 Å². The largest absolute Gasteiger partial charge is 0.383 e. The van der Waals surface area contributed by atoms with Gasteiger partial charge in [0.2, 0.25) is 5.91 Å². The third-order valence-electron chi connectivity index (χ3n) is 3.00. The molecule has 0 aliphatic heterocycles. The fourth-order valence-corrected chi connectivity index (χ4v) is 2.69. The number of hydrogen-bond donors (Lipinski definition) is 0. The van der Waals surface area contributed by atoms with Gasteiger partial charge in [0.15, 0.2) is 11.0 Å². The van der Waals surface area contributed by atoms with Gasteiger partial charge in [0.1, 0.15) is 0 Å². The molecule has 2 heterocycles. The lowest BCUT2D eigenvalue weighted by molar-refractivity contribution is -0.125. The van der Waals surface area contributed by atoms with Gasteiger partial charge in [-0.25, -0.2) is 0 Å². The summed E-state index contributed by atoms with van der Waals surface area (Å²) in [7, 11) is 5.13. The number of ether oxygens (including phenoxy) is 1. The van der Waals surface area contributed by atoms with Crippen LogP contribution in [0, 0.1) is 0 Å². The van der Waals surface area contributed by atoms with E-state index in [4.69, 9.17) is 4.74 Å². The van der Waals surface area contributed by atoms with Crippen LogP contribution in [0.4, 0.5) is 0 Å². The Hall–Kier alpha value is -1.93. The van der Waals surface area contributed by atoms with E-state index in [2.05, 4.69) is 15.2 Å². The van der Waals surface area contributed by atoms with Crippen LogP contribution in [0.25, 0.3) is 11.4 Å². The zero-order chi connectivity index (χ0) is 15.9. The van der Waals surface area contributed by atoms with Crippen molar-refractivity contribution in [1.82, 2.24) is 24.6 Å². The summed E-state index contributed by atoms with van der Waals surface area (Å²) in [6, 6.07) is 3.76. The van der Waals surface area contributed by atoms with E-state index in [0.717, 1.165) is 11.4 Å². The molecule has 0 fully saturated rings. The molecule has 0 saturated carbocycles. The molecule has 8 heteroatoms. The number of carbonyl (C=O) groups excluding carboxylic acids is 1. The quantitative estimate of drug-likeness (QED) is 0.713. The Morgan fingerprint density at radius 1 is 1.32 bits per heavy atom. The van der Waals surface area contributed by atoms with Crippen molar-refractivity contribution in [3.8, 4) is 11.4 Å². The van der Waals surface area contributed by atoms with E-state index >= 15 is 0 Å². The Morgan fingerprint density at radius 3 is 2.68 bits per heavy atom. The Balaban J connectivity index is 2.22. The number of methoxy groups -OCH3 is 1. The summed E-state index contributed by atoms with van der Waals surface area (Å²) in [5, 5.41) is 9.16. The molecular formula is C14H19N5O2S. The van der Waals surface area contributed by atoms with Gasteiger partial charge in [-0.2, -0.15) is 0 Å². The third-order valence-corrected chi connectivity index (χ3v) is 3.95. The van der Waals surface area contributed by atoms with E-state index < -0.39 is 0 Å². The van der Waals surface area contributed by atoms with Crippen molar-refractivity contribution >= 4 is 17.7 Å². The lowest BCUT2D eigenvalue weighted by Gasteiger charge is -2.11. The van der Waals surface area contributed by atoms with Crippen molar-refractivity contribution in [2.75, 3.05) is 33.6 Å². The molecular weight excluding hydrogens is 302 g/mol. The summed E-state index contributed by atoms with van der Waals surface area (Å²) >= 11 is 1.38. The Bertz CT molecular complexity index is 615. The zero-order valence-electron chi connectivity index (χ0n) is 12.9. The smallest absolute Gasteiger partial charge is 0.232 e. The van der Waals surface area contributed by atoms with E-state index in [-0.39, 0.29) is 5.91 Å². The summed E-state index contributed by atoms with van der Waals surface area (Å²) in [5.74, 6) is 1.12. The zero-order valence-corrected chi connectivity index (χ0v) is 13.7. The van der Waals surface area contributed by atoms with Crippen LogP contribution in [0.15, 0.2) is 29.7 Å². The fourth-order valence-electron chi connectivity index (χ4n) is 1.75. The molecule has 0 aliphatic rings. The summed E-state index contributed by atoms with van der Waals surface area (Å²) in [6.45, 7) is 1.17. The highest BCUT2D eigenvalue weighted by Gasteiger charge is 2.15. The molecule has 7 nitrogen and oxygen atoms in total. The standard InChI is InChI=1S/C14H19N5O2S/c1-18(2)12(20)10-22-14-17-16-13(19(14)8-9-21-3)11-4-6-15-7-5-11/h4-7H,8-10H2,1-3H3. The molecule has 2 rings (SSSR count). The van der Waals surface area contributed by atoms with E-state index in [1.54, 1.807) is 38.5 Å². The van der Waals surface area contributed by atoms with Gasteiger partial charge < -0.3 is 9.64 Å². The first kappa shape index (κ1) is 16.4. The van der Waals surface area contributed by atoms with Gasteiger partial charge >= 0.3 is 0 Å². The van der Waals surface area contributed by atoms with Gasteiger partial charge in [0.05, 0.1) is 18.9 Å². The molecule has 0 N–H and O–H groups in total. The summed E-state index contributed by atoms with van der Waals surface area (Å²) < 4.78 is 7.12. The molecule has 2 aromatic heterocycles. The predicted octanol–water partition coefficient (Wildman–Crippen LogP) is 1.17. The lowest BCUT2D eigenvalue weighted by atomic mass is 10.2. The maximum atomic E-state index is 11.7. The summed E-state index contributed by atoms with van der Waals surface area (Å²) in [6.07, 6.45) is 3.43. The SMILES string of the molecule is COCCn1c(SCC(=O)N(C)C)nnc1-c1ccncc1. The predicted molar refractivity (Wildman–Crippen MR) is 84.5 cm³/mol. The van der Waals surface area contributed by atoms with Crippen molar-refractivity contribution in [3.63, 3.8) is 0 Å². The van der Waals surface area contributed by atoms with Crippen LogP contribution in [0.3, 0.4) is 0 Å². The van der Waals surface area contributed by atoms with Crippen molar-refractivity contribution in [3.05, 3.63) is 24.5 Å². The van der Waals surface area contributed by atoms with E-state index in [1.807, 2.05) is 16.7 Å². The topological polar surface area (TPSA) is 73.1 Å². The number of thioether (sulfide) groups is 1. The number of amides is 1. The average Bonchev–Trinajstić information content (AvgIpc) is 2.94. The van der Waals surface area contributed by atoms with Gasteiger partial charge in [0.25, 0.3) is 0 Å². The molecule has 0 radical (unpaired) electrons.